The van der Waals surface area contributed by atoms with Crippen LogP contribution in [0, 0.1) is 3.95 Å². The van der Waals surface area contributed by atoms with Gasteiger partial charge in [-0.05, 0) is 24.4 Å². The first kappa shape index (κ1) is 10.0. The highest BCUT2D eigenvalue weighted by atomic mass is 32.1. The highest BCUT2D eigenvalue weighted by Gasteiger charge is 2.15. The average Bonchev–Trinajstić information content (AvgIpc) is 2.62. The molecule has 2 heterocycles. The number of thiazole rings is 1. The Morgan fingerprint density at radius 2 is 2.33 bits per heavy atom. The van der Waals surface area contributed by atoms with E-state index in [2.05, 4.69) is 9.97 Å². The molecule has 0 spiro atoms. The predicted octanol–water partition coefficient (Wildman–Crippen LogP) is 2.57. The second-order valence-electron chi connectivity index (χ2n) is 2.74. The summed E-state index contributed by atoms with van der Waals surface area (Å²) in [6.07, 6.45) is 1.61. The number of carboxylic acids is 1. The Bertz CT molecular complexity index is 545. The first-order valence-corrected chi connectivity index (χ1v) is 5.29. The molecule has 2 aromatic rings. The van der Waals surface area contributed by atoms with Gasteiger partial charge in [-0.25, -0.2) is 4.79 Å². The molecule has 0 aliphatic carbocycles. The van der Waals surface area contributed by atoms with Gasteiger partial charge in [0.05, 0.1) is 10.6 Å². The van der Waals surface area contributed by atoms with Gasteiger partial charge in [-0.2, -0.15) is 0 Å². The second kappa shape index (κ2) is 3.92. The van der Waals surface area contributed by atoms with E-state index in [9.17, 15) is 4.79 Å². The first-order chi connectivity index (χ1) is 7.18. The summed E-state index contributed by atoms with van der Waals surface area (Å²) in [7, 11) is 0. The van der Waals surface area contributed by atoms with Crippen LogP contribution in [-0.4, -0.2) is 21.0 Å². The first-order valence-electron chi connectivity index (χ1n) is 4.06. The molecule has 0 bridgehead atoms. The van der Waals surface area contributed by atoms with Crippen LogP contribution in [0.2, 0.25) is 0 Å². The predicted molar refractivity (Wildman–Crippen MR) is 59.7 cm³/mol. The number of hydrogen-bond acceptors (Lipinski definition) is 4. The molecule has 0 saturated heterocycles. The lowest BCUT2D eigenvalue weighted by Crippen LogP contribution is -1.98. The average molecular weight is 238 g/mol. The fraction of sp³-hybridized carbons (Fsp3) is 0. The number of pyridine rings is 1. The zero-order chi connectivity index (χ0) is 10.8. The van der Waals surface area contributed by atoms with Gasteiger partial charge in [0.1, 0.15) is 5.69 Å². The largest absolute Gasteiger partial charge is 0.477 e. The van der Waals surface area contributed by atoms with E-state index < -0.39 is 5.97 Å². The van der Waals surface area contributed by atoms with Crippen molar-refractivity contribution >= 4 is 29.5 Å². The Balaban J connectivity index is 2.63. The maximum atomic E-state index is 10.9. The number of carbonyl (C=O) groups is 1. The van der Waals surface area contributed by atoms with Crippen molar-refractivity contribution in [3.05, 3.63) is 34.0 Å². The summed E-state index contributed by atoms with van der Waals surface area (Å²) in [5.41, 5.74) is 0.718. The van der Waals surface area contributed by atoms with E-state index in [-0.39, 0.29) is 5.69 Å². The normalized spacial score (nSPS) is 10.1. The summed E-state index contributed by atoms with van der Waals surface area (Å²) < 4.78 is 0.438. The van der Waals surface area contributed by atoms with Crippen molar-refractivity contribution in [2.75, 3.05) is 0 Å². The van der Waals surface area contributed by atoms with Gasteiger partial charge in [-0.1, -0.05) is 6.07 Å². The summed E-state index contributed by atoms with van der Waals surface area (Å²) >= 11 is 6.12. The van der Waals surface area contributed by atoms with E-state index in [1.165, 1.54) is 11.3 Å². The molecule has 0 aliphatic rings. The number of hydrogen-bond donors (Lipinski definition) is 2. The van der Waals surface area contributed by atoms with Gasteiger partial charge in [-0.3, -0.25) is 4.98 Å². The van der Waals surface area contributed by atoms with Crippen LogP contribution in [0.25, 0.3) is 10.6 Å². The van der Waals surface area contributed by atoms with E-state index in [0.717, 1.165) is 0 Å². The Kier molecular flexibility index (Phi) is 2.61. The van der Waals surface area contributed by atoms with Crippen LogP contribution in [0.4, 0.5) is 0 Å². The van der Waals surface area contributed by atoms with Gasteiger partial charge in [0.25, 0.3) is 0 Å². The molecule has 0 aromatic carbocycles. The summed E-state index contributed by atoms with van der Waals surface area (Å²) in [6, 6.07) is 5.33. The summed E-state index contributed by atoms with van der Waals surface area (Å²) in [6.45, 7) is 0. The smallest absolute Gasteiger partial charge is 0.353 e. The lowest BCUT2D eigenvalue weighted by molar-refractivity contribution is 0.0692. The summed E-state index contributed by atoms with van der Waals surface area (Å²) in [5, 5.41) is 8.94. The number of H-pyrrole nitrogens is 1. The second-order valence-corrected chi connectivity index (χ2v) is 4.43. The van der Waals surface area contributed by atoms with Gasteiger partial charge in [0.2, 0.25) is 0 Å². The van der Waals surface area contributed by atoms with E-state index >= 15 is 0 Å². The minimum absolute atomic E-state index is 0.101. The molecule has 2 rings (SSSR count). The third kappa shape index (κ3) is 1.95. The van der Waals surface area contributed by atoms with Gasteiger partial charge in [0, 0.05) is 6.20 Å². The van der Waals surface area contributed by atoms with Gasteiger partial charge < -0.3 is 10.1 Å². The maximum absolute atomic E-state index is 10.9. The lowest BCUT2D eigenvalue weighted by atomic mass is 10.2. The SMILES string of the molecule is O=C(O)c1[nH]c(=S)sc1-c1ccccn1. The Labute approximate surface area is 94.2 Å². The van der Waals surface area contributed by atoms with Crippen molar-refractivity contribution in [2.45, 2.75) is 0 Å². The number of aromatic carboxylic acids is 1. The molecule has 0 atom stereocenters. The molecule has 0 amide bonds. The Morgan fingerprint density at radius 1 is 1.53 bits per heavy atom. The maximum Gasteiger partial charge on any atom is 0.353 e. The molecule has 0 unspecified atom stereocenters. The van der Waals surface area contributed by atoms with Gasteiger partial charge in [-0.15, -0.1) is 11.3 Å². The number of nitrogens with zero attached hydrogens (tertiary/aromatic N) is 1. The van der Waals surface area contributed by atoms with Crippen molar-refractivity contribution in [3.8, 4) is 10.6 Å². The zero-order valence-electron chi connectivity index (χ0n) is 7.43. The van der Waals surface area contributed by atoms with Crippen molar-refractivity contribution in [1.29, 1.82) is 0 Å². The zero-order valence-corrected chi connectivity index (χ0v) is 9.06. The molecule has 2 aromatic heterocycles. The van der Waals surface area contributed by atoms with Crippen molar-refractivity contribution in [2.24, 2.45) is 0 Å². The Hall–Kier alpha value is -1.53. The molecule has 0 radical (unpaired) electrons. The molecular formula is C9H6N2O2S2. The highest BCUT2D eigenvalue weighted by molar-refractivity contribution is 7.73. The fourth-order valence-corrected chi connectivity index (χ4v) is 2.31. The molecule has 6 heteroatoms. The van der Waals surface area contributed by atoms with Crippen LogP contribution >= 0.6 is 23.6 Å². The molecular weight excluding hydrogens is 232 g/mol. The molecule has 15 heavy (non-hydrogen) atoms. The standard InChI is InChI=1S/C9H6N2O2S2/c12-8(13)6-7(15-9(14)11-6)5-3-1-2-4-10-5/h1-4H,(H,11,14)(H,12,13). The van der Waals surface area contributed by atoms with Crippen LogP contribution in [-0.2, 0) is 0 Å². The molecule has 4 nitrogen and oxygen atoms in total. The number of nitrogens with one attached hydrogen (secondary N) is 1. The molecule has 2 N–H and O–H groups in total. The third-order valence-corrected chi connectivity index (χ3v) is 3.02. The van der Waals surface area contributed by atoms with Crippen LogP contribution < -0.4 is 0 Å². The summed E-state index contributed by atoms with van der Waals surface area (Å²) in [4.78, 5) is 18.2. The monoisotopic (exact) mass is 238 g/mol. The number of aromatic nitrogens is 2. The molecule has 0 saturated carbocycles. The van der Waals surface area contributed by atoms with Gasteiger partial charge in [0.15, 0.2) is 3.95 Å². The summed E-state index contributed by atoms with van der Waals surface area (Å²) in [5.74, 6) is -1.02. The number of rotatable bonds is 2. The molecule has 0 fully saturated rings. The van der Waals surface area contributed by atoms with Crippen molar-refractivity contribution in [3.63, 3.8) is 0 Å². The van der Waals surface area contributed by atoms with Crippen molar-refractivity contribution in [1.82, 2.24) is 9.97 Å². The van der Waals surface area contributed by atoms with Gasteiger partial charge >= 0.3 is 5.97 Å². The van der Waals surface area contributed by atoms with E-state index in [4.69, 9.17) is 17.3 Å². The van der Waals surface area contributed by atoms with E-state index in [1.807, 2.05) is 0 Å². The molecule has 0 aliphatic heterocycles. The number of carboxylic acid groups (broad SMARTS) is 1. The van der Waals surface area contributed by atoms with Crippen LogP contribution in [0.5, 0.6) is 0 Å². The van der Waals surface area contributed by atoms with Crippen molar-refractivity contribution < 1.29 is 9.90 Å². The highest BCUT2D eigenvalue weighted by Crippen LogP contribution is 2.26. The van der Waals surface area contributed by atoms with Crippen LogP contribution in [0.15, 0.2) is 24.4 Å². The lowest BCUT2D eigenvalue weighted by Gasteiger charge is -1.96. The minimum atomic E-state index is -1.02. The quantitative estimate of drug-likeness (QED) is 0.789. The topological polar surface area (TPSA) is 66.0 Å². The Morgan fingerprint density at radius 3 is 2.93 bits per heavy atom. The third-order valence-electron chi connectivity index (χ3n) is 1.76. The molecule has 76 valence electrons. The van der Waals surface area contributed by atoms with Crippen LogP contribution in [0.3, 0.4) is 0 Å². The number of aromatic amines is 1. The minimum Gasteiger partial charge on any atom is -0.477 e. The van der Waals surface area contributed by atoms with E-state index in [1.54, 1.807) is 24.4 Å². The van der Waals surface area contributed by atoms with E-state index in [0.29, 0.717) is 14.5 Å². The fourth-order valence-electron chi connectivity index (χ4n) is 1.16. The van der Waals surface area contributed by atoms with Crippen LogP contribution in [0.1, 0.15) is 10.5 Å².